The molecule has 0 aliphatic carbocycles. The molecule has 1 aliphatic heterocycles. The van der Waals surface area contributed by atoms with E-state index in [9.17, 15) is 19.8 Å². The first kappa shape index (κ1) is 17.3. The van der Waals surface area contributed by atoms with Gasteiger partial charge in [0.25, 0.3) is 5.56 Å². The van der Waals surface area contributed by atoms with Gasteiger partial charge in [0.05, 0.1) is 6.33 Å². The van der Waals surface area contributed by atoms with Crippen LogP contribution >= 0.6 is 0 Å². The van der Waals surface area contributed by atoms with Crippen LogP contribution in [0.3, 0.4) is 0 Å². The van der Waals surface area contributed by atoms with Crippen molar-refractivity contribution in [3.63, 3.8) is 0 Å². The minimum absolute atomic E-state index is 0.0409. The normalized spacial score (nSPS) is 26.2. The van der Waals surface area contributed by atoms with Gasteiger partial charge in [-0.2, -0.15) is 4.98 Å². The van der Waals surface area contributed by atoms with Gasteiger partial charge in [0, 0.05) is 13.0 Å². The average Bonchev–Trinajstić information content (AvgIpc) is 3.09. The maximum absolute atomic E-state index is 11.8. The number of carbonyl (C=O) groups excluding carboxylic acids is 1. The van der Waals surface area contributed by atoms with E-state index in [-0.39, 0.29) is 29.6 Å². The number of fused-ring (bicyclic) bond motifs is 1. The molecule has 0 radical (unpaired) electrons. The number of hydrogen-bond acceptors (Lipinski definition) is 8. The van der Waals surface area contributed by atoms with Crippen LogP contribution in [0.1, 0.15) is 26.0 Å². The fourth-order valence-corrected chi connectivity index (χ4v) is 2.79. The number of H-pyrrole nitrogens is 1. The molecule has 4 atom stereocenters. The van der Waals surface area contributed by atoms with Gasteiger partial charge in [-0.15, -0.1) is 0 Å². The molecule has 25 heavy (non-hydrogen) atoms. The number of aromatic amines is 1. The number of nitrogens with zero attached hydrogens (tertiary/aromatic N) is 3. The Labute approximate surface area is 141 Å². The average molecular weight is 352 g/mol. The third-order valence-corrected chi connectivity index (χ3v) is 4.04. The predicted octanol–water partition coefficient (Wildman–Crippen LogP) is -1.76. The van der Waals surface area contributed by atoms with E-state index in [0.717, 1.165) is 0 Å². The summed E-state index contributed by atoms with van der Waals surface area (Å²) in [5.41, 5.74) is 5.20. The predicted molar refractivity (Wildman–Crippen MR) is 86.4 cm³/mol. The lowest BCUT2D eigenvalue weighted by molar-refractivity contribution is -0.122. The molecule has 1 aliphatic rings. The van der Waals surface area contributed by atoms with Gasteiger partial charge in [-0.05, 0) is 6.42 Å². The Balaban J connectivity index is 1.82. The van der Waals surface area contributed by atoms with E-state index in [1.807, 2.05) is 6.92 Å². The third kappa shape index (κ3) is 3.21. The van der Waals surface area contributed by atoms with E-state index in [0.29, 0.717) is 12.8 Å². The van der Waals surface area contributed by atoms with E-state index in [2.05, 4.69) is 20.3 Å². The first-order valence-electron chi connectivity index (χ1n) is 7.93. The number of hydrogen-bond donors (Lipinski definition) is 5. The topological polar surface area (TPSA) is 168 Å². The molecule has 0 aromatic carbocycles. The number of carbonyl (C=O) groups is 1. The summed E-state index contributed by atoms with van der Waals surface area (Å²) in [6.07, 6.45) is -1.97. The smallest absolute Gasteiger partial charge is 0.280 e. The SMILES string of the molecule is CCCC(=O)NC[C@H]1O[C@@H](n2cnc3c(=O)[nH]c(N)nc32)[C@H](O)[C@@H]1O. The van der Waals surface area contributed by atoms with Crippen molar-refractivity contribution in [2.45, 2.75) is 44.3 Å². The van der Waals surface area contributed by atoms with E-state index >= 15 is 0 Å². The lowest BCUT2D eigenvalue weighted by Gasteiger charge is -2.16. The highest BCUT2D eigenvalue weighted by molar-refractivity contribution is 5.75. The largest absolute Gasteiger partial charge is 0.387 e. The van der Waals surface area contributed by atoms with E-state index < -0.39 is 30.1 Å². The molecule has 0 saturated carbocycles. The molecule has 2 aromatic heterocycles. The number of aliphatic hydroxyl groups excluding tert-OH is 2. The lowest BCUT2D eigenvalue weighted by atomic mass is 10.1. The molecule has 11 nitrogen and oxygen atoms in total. The van der Waals surface area contributed by atoms with Crippen molar-refractivity contribution in [3.05, 3.63) is 16.7 Å². The molecule has 1 saturated heterocycles. The number of rotatable bonds is 5. The Bertz CT molecular complexity index is 833. The van der Waals surface area contributed by atoms with Gasteiger partial charge in [-0.25, -0.2) is 4.98 Å². The van der Waals surface area contributed by atoms with E-state index in [1.54, 1.807) is 0 Å². The van der Waals surface area contributed by atoms with Crippen LogP contribution in [0.4, 0.5) is 5.95 Å². The number of aromatic nitrogens is 4. The van der Waals surface area contributed by atoms with Crippen LogP contribution in [0.2, 0.25) is 0 Å². The number of amides is 1. The molecular formula is C14H20N6O5. The molecule has 2 aromatic rings. The number of nitrogens with two attached hydrogens (primary N) is 1. The number of nitrogen functional groups attached to an aromatic ring is 1. The zero-order valence-electron chi connectivity index (χ0n) is 13.5. The highest BCUT2D eigenvalue weighted by Gasteiger charge is 2.44. The van der Waals surface area contributed by atoms with Crippen molar-refractivity contribution in [1.82, 2.24) is 24.8 Å². The standard InChI is InChI=1S/C14H20N6O5/c1-2-3-7(21)16-4-6-9(22)10(23)13(25-6)20-5-17-8-11(20)18-14(15)19-12(8)24/h5-6,9-10,13,22-23H,2-4H2,1H3,(H,16,21)(H3,15,18,19,24)/t6-,9-,10-,13-/m1/s1. The van der Waals surface area contributed by atoms with Gasteiger partial charge >= 0.3 is 0 Å². The second-order valence-electron chi connectivity index (χ2n) is 5.88. The summed E-state index contributed by atoms with van der Waals surface area (Å²) in [5, 5.41) is 23.1. The summed E-state index contributed by atoms with van der Waals surface area (Å²) < 4.78 is 7.00. The molecule has 3 rings (SSSR count). The minimum atomic E-state index is -1.28. The number of imidazole rings is 1. The minimum Gasteiger partial charge on any atom is -0.387 e. The van der Waals surface area contributed by atoms with Gasteiger partial charge in [-0.1, -0.05) is 6.92 Å². The second-order valence-corrected chi connectivity index (χ2v) is 5.88. The van der Waals surface area contributed by atoms with Crippen LogP contribution in [0.15, 0.2) is 11.1 Å². The van der Waals surface area contributed by atoms with Crippen molar-refractivity contribution in [2.75, 3.05) is 12.3 Å². The molecule has 3 heterocycles. The van der Waals surface area contributed by atoms with Gasteiger partial charge < -0.3 is 26.0 Å². The van der Waals surface area contributed by atoms with Gasteiger partial charge in [0.1, 0.15) is 18.3 Å². The van der Waals surface area contributed by atoms with Crippen LogP contribution in [0.5, 0.6) is 0 Å². The van der Waals surface area contributed by atoms with Crippen LogP contribution < -0.4 is 16.6 Å². The summed E-state index contributed by atoms with van der Waals surface area (Å²) in [6.45, 7) is 1.93. The van der Waals surface area contributed by atoms with Gasteiger partial charge in [0.2, 0.25) is 11.9 Å². The summed E-state index contributed by atoms with van der Waals surface area (Å²) >= 11 is 0. The maximum atomic E-state index is 11.8. The van der Waals surface area contributed by atoms with Crippen LogP contribution in [-0.4, -0.2) is 60.5 Å². The van der Waals surface area contributed by atoms with Crippen LogP contribution in [0.25, 0.3) is 11.2 Å². The highest BCUT2D eigenvalue weighted by Crippen LogP contribution is 2.30. The first-order valence-corrected chi connectivity index (χ1v) is 7.93. The highest BCUT2D eigenvalue weighted by atomic mass is 16.6. The van der Waals surface area contributed by atoms with Crippen LogP contribution in [0, 0.1) is 0 Å². The van der Waals surface area contributed by atoms with Crippen molar-refractivity contribution in [1.29, 1.82) is 0 Å². The molecular weight excluding hydrogens is 332 g/mol. The monoisotopic (exact) mass is 352 g/mol. The van der Waals surface area contributed by atoms with Crippen LogP contribution in [-0.2, 0) is 9.53 Å². The fraction of sp³-hybridized carbons (Fsp3) is 0.571. The van der Waals surface area contributed by atoms with Gasteiger partial charge in [-0.3, -0.25) is 19.1 Å². The second kappa shape index (κ2) is 6.78. The summed E-state index contributed by atoms with van der Waals surface area (Å²) in [4.78, 5) is 33.7. The van der Waals surface area contributed by atoms with Gasteiger partial charge in [0.15, 0.2) is 17.4 Å². The number of nitrogens with one attached hydrogen (secondary N) is 2. The van der Waals surface area contributed by atoms with Crippen molar-refractivity contribution < 1.29 is 19.7 Å². The number of ether oxygens (including phenoxy) is 1. The molecule has 1 fully saturated rings. The summed E-state index contributed by atoms with van der Waals surface area (Å²) in [5.74, 6) is -0.263. The zero-order valence-corrected chi connectivity index (χ0v) is 13.5. The molecule has 6 N–H and O–H groups in total. The Hall–Kier alpha value is -2.50. The summed E-state index contributed by atoms with van der Waals surface area (Å²) in [7, 11) is 0. The van der Waals surface area contributed by atoms with E-state index in [4.69, 9.17) is 10.5 Å². The molecule has 1 amide bonds. The first-order chi connectivity index (χ1) is 11.9. The molecule has 0 unspecified atom stereocenters. The molecule has 11 heteroatoms. The Morgan fingerprint density at radius 2 is 2.24 bits per heavy atom. The Morgan fingerprint density at radius 1 is 1.48 bits per heavy atom. The lowest BCUT2D eigenvalue weighted by Crippen LogP contribution is -2.39. The number of anilines is 1. The molecule has 0 spiro atoms. The summed E-state index contributed by atoms with van der Waals surface area (Å²) in [6, 6.07) is 0. The number of aliphatic hydroxyl groups is 2. The van der Waals surface area contributed by atoms with Crippen molar-refractivity contribution in [2.24, 2.45) is 0 Å². The van der Waals surface area contributed by atoms with Crippen molar-refractivity contribution in [3.8, 4) is 0 Å². The quantitative estimate of drug-likeness (QED) is 0.421. The van der Waals surface area contributed by atoms with Crippen molar-refractivity contribution >= 4 is 23.0 Å². The Morgan fingerprint density at radius 3 is 2.96 bits per heavy atom. The third-order valence-electron chi connectivity index (χ3n) is 4.04. The Kier molecular flexibility index (Phi) is 4.70. The fourth-order valence-electron chi connectivity index (χ4n) is 2.79. The van der Waals surface area contributed by atoms with E-state index in [1.165, 1.54) is 10.9 Å². The zero-order chi connectivity index (χ0) is 18.1. The molecule has 136 valence electrons. The maximum Gasteiger partial charge on any atom is 0.280 e. The molecule has 0 bridgehead atoms.